The molecule has 1 unspecified atom stereocenters. The molecule has 1 N–H and O–H groups in total. The molecule has 1 amide bonds. The molecule has 1 aromatic heterocycles. The zero-order valence-electron chi connectivity index (χ0n) is 16.3. The summed E-state index contributed by atoms with van der Waals surface area (Å²) in [7, 11) is 0. The third-order valence-electron chi connectivity index (χ3n) is 4.42. The minimum atomic E-state index is -0.779. The van der Waals surface area contributed by atoms with Crippen LogP contribution in [0.25, 0.3) is 10.9 Å². The largest absolute Gasteiger partial charge is 0.444 e. The van der Waals surface area contributed by atoms with E-state index in [4.69, 9.17) is 27.9 Å². The lowest BCUT2D eigenvalue weighted by molar-refractivity contribution is -0.384. The van der Waals surface area contributed by atoms with Gasteiger partial charge < -0.3 is 15.0 Å². The number of halogens is 4. The van der Waals surface area contributed by atoms with Crippen molar-refractivity contribution in [2.75, 3.05) is 18.4 Å². The van der Waals surface area contributed by atoms with Crippen LogP contribution in [0.1, 0.15) is 27.2 Å². The van der Waals surface area contributed by atoms with Crippen molar-refractivity contribution in [1.82, 2.24) is 9.88 Å². The van der Waals surface area contributed by atoms with E-state index in [9.17, 15) is 19.3 Å². The molecule has 162 valence electrons. The molecule has 12 heteroatoms. The maximum absolute atomic E-state index is 14.7. The number of ether oxygens (including phenoxy) is 1. The van der Waals surface area contributed by atoms with Crippen LogP contribution in [-0.4, -0.2) is 45.6 Å². The number of amides is 1. The SMILES string of the molecule is CC(C)(C)OC(=O)N1CCC(Nc2c([N+](=O)[O-])c(Cl)nc3c(F)c(Br)c(Cl)cc23)C1. The number of nitrogens with zero attached hydrogens (tertiary/aromatic N) is 3. The summed E-state index contributed by atoms with van der Waals surface area (Å²) in [6.45, 7) is 5.95. The van der Waals surface area contributed by atoms with E-state index in [0.29, 0.717) is 13.0 Å². The number of likely N-dealkylation sites (tertiary alicyclic amines) is 1. The minimum absolute atomic E-state index is 0.000612. The van der Waals surface area contributed by atoms with Gasteiger partial charge in [-0.2, -0.15) is 0 Å². The number of hydrogen-bond donors (Lipinski definition) is 1. The monoisotopic (exact) mass is 522 g/mol. The third-order valence-corrected chi connectivity index (χ3v) is 5.98. The Morgan fingerprint density at radius 3 is 2.73 bits per heavy atom. The maximum Gasteiger partial charge on any atom is 0.410 e. The normalized spacial score (nSPS) is 16.8. The zero-order valence-corrected chi connectivity index (χ0v) is 19.4. The van der Waals surface area contributed by atoms with Crippen LogP contribution < -0.4 is 5.32 Å². The zero-order chi connectivity index (χ0) is 22.4. The molecule has 1 aromatic carbocycles. The fourth-order valence-corrected chi connectivity index (χ4v) is 3.90. The predicted octanol–water partition coefficient (Wildman–Crippen LogP) is 5.77. The number of fused-ring (bicyclic) bond motifs is 1. The molecule has 2 heterocycles. The molecule has 3 rings (SSSR count). The van der Waals surface area contributed by atoms with Gasteiger partial charge in [-0.05, 0) is 49.2 Å². The number of benzene rings is 1. The van der Waals surface area contributed by atoms with E-state index in [1.54, 1.807) is 20.8 Å². The van der Waals surface area contributed by atoms with Crippen LogP contribution in [-0.2, 0) is 4.74 Å². The van der Waals surface area contributed by atoms with Gasteiger partial charge in [-0.25, -0.2) is 14.2 Å². The first-order valence-electron chi connectivity index (χ1n) is 8.94. The number of hydrogen-bond acceptors (Lipinski definition) is 6. The first-order valence-corrected chi connectivity index (χ1v) is 10.5. The summed E-state index contributed by atoms with van der Waals surface area (Å²) in [6.07, 6.45) is 0.0295. The van der Waals surface area contributed by atoms with E-state index < -0.39 is 33.3 Å². The van der Waals surface area contributed by atoms with E-state index in [-0.39, 0.29) is 38.7 Å². The maximum atomic E-state index is 14.7. The van der Waals surface area contributed by atoms with Crippen molar-refractivity contribution in [3.8, 4) is 0 Å². The highest BCUT2D eigenvalue weighted by Gasteiger charge is 2.33. The summed E-state index contributed by atoms with van der Waals surface area (Å²) in [5.41, 5.74) is -1.29. The van der Waals surface area contributed by atoms with Crippen LogP contribution in [0.2, 0.25) is 10.2 Å². The van der Waals surface area contributed by atoms with E-state index in [1.165, 1.54) is 11.0 Å². The number of anilines is 1. The Morgan fingerprint density at radius 1 is 1.47 bits per heavy atom. The van der Waals surface area contributed by atoms with Crippen molar-refractivity contribution in [3.63, 3.8) is 0 Å². The van der Waals surface area contributed by atoms with Crippen molar-refractivity contribution in [1.29, 1.82) is 0 Å². The van der Waals surface area contributed by atoms with Crippen LogP contribution >= 0.6 is 39.1 Å². The summed E-state index contributed by atoms with van der Waals surface area (Å²) in [5.74, 6) is -0.779. The van der Waals surface area contributed by atoms with E-state index in [1.807, 2.05) is 0 Å². The van der Waals surface area contributed by atoms with Gasteiger partial charge in [-0.1, -0.05) is 23.2 Å². The molecule has 1 aliphatic heterocycles. The number of aromatic nitrogens is 1. The van der Waals surface area contributed by atoms with E-state index >= 15 is 0 Å². The molecule has 8 nitrogen and oxygen atoms in total. The van der Waals surface area contributed by atoms with Gasteiger partial charge in [0.15, 0.2) is 5.82 Å². The fraction of sp³-hybridized carbons (Fsp3) is 0.444. The van der Waals surface area contributed by atoms with Crippen LogP contribution in [0.3, 0.4) is 0 Å². The fourth-order valence-electron chi connectivity index (χ4n) is 3.15. The summed E-state index contributed by atoms with van der Waals surface area (Å²) in [4.78, 5) is 28.6. The lowest BCUT2D eigenvalue weighted by Crippen LogP contribution is -2.36. The van der Waals surface area contributed by atoms with E-state index in [2.05, 4.69) is 26.2 Å². The van der Waals surface area contributed by atoms with Crippen molar-refractivity contribution in [3.05, 3.63) is 36.6 Å². The number of carbonyl (C=O) groups excluding carboxylic acids is 1. The molecule has 0 saturated carbocycles. The predicted molar refractivity (Wildman–Crippen MR) is 116 cm³/mol. The van der Waals surface area contributed by atoms with Gasteiger partial charge in [0.2, 0.25) is 5.15 Å². The second-order valence-corrected chi connectivity index (χ2v) is 9.38. The van der Waals surface area contributed by atoms with Crippen molar-refractivity contribution in [2.24, 2.45) is 0 Å². The van der Waals surface area contributed by atoms with Crippen LogP contribution in [0.15, 0.2) is 10.5 Å². The molecule has 1 atom stereocenters. The van der Waals surface area contributed by atoms with Crippen molar-refractivity contribution in [2.45, 2.75) is 38.8 Å². The average molecular weight is 524 g/mol. The molecule has 30 heavy (non-hydrogen) atoms. The number of nitrogens with one attached hydrogen (secondary N) is 1. The highest BCUT2D eigenvalue weighted by molar-refractivity contribution is 9.10. The van der Waals surface area contributed by atoms with Gasteiger partial charge in [-0.15, -0.1) is 0 Å². The first kappa shape index (κ1) is 22.8. The summed E-state index contributed by atoms with van der Waals surface area (Å²) in [6, 6.07) is 1.03. The molecule has 0 radical (unpaired) electrons. The van der Waals surface area contributed by atoms with Gasteiger partial charge in [-0.3, -0.25) is 10.1 Å². The first-order chi connectivity index (χ1) is 13.9. The number of rotatable bonds is 3. The highest BCUT2D eigenvalue weighted by Crippen LogP contribution is 2.42. The molecule has 1 fully saturated rings. The summed E-state index contributed by atoms with van der Waals surface area (Å²) in [5, 5.41) is 14.4. The van der Waals surface area contributed by atoms with Crippen LogP contribution in [0.4, 0.5) is 20.6 Å². The minimum Gasteiger partial charge on any atom is -0.444 e. The Bertz CT molecular complexity index is 1050. The molecule has 1 saturated heterocycles. The molecule has 0 spiro atoms. The van der Waals surface area contributed by atoms with Crippen LogP contribution in [0.5, 0.6) is 0 Å². The Balaban J connectivity index is 1.98. The summed E-state index contributed by atoms with van der Waals surface area (Å²) < 4.78 is 20.0. The van der Waals surface area contributed by atoms with Crippen molar-refractivity contribution >= 4 is 67.5 Å². The van der Waals surface area contributed by atoms with Gasteiger partial charge in [0.25, 0.3) is 0 Å². The Hall–Kier alpha value is -1.91. The van der Waals surface area contributed by atoms with Gasteiger partial charge in [0, 0.05) is 24.5 Å². The second-order valence-electron chi connectivity index (χ2n) is 7.82. The van der Waals surface area contributed by atoms with Crippen molar-refractivity contribution < 1.29 is 18.8 Å². The number of pyridine rings is 1. The van der Waals surface area contributed by atoms with Gasteiger partial charge in [0.1, 0.15) is 16.8 Å². The molecule has 2 aromatic rings. The topological polar surface area (TPSA) is 97.6 Å². The summed E-state index contributed by atoms with van der Waals surface area (Å²) >= 11 is 15.1. The lowest BCUT2D eigenvalue weighted by atomic mass is 10.1. The third kappa shape index (κ3) is 4.55. The molecular weight excluding hydrogens is 506 g/mol. The average Bonchev–Trinajstić information content (AvgIpc) is 3.08. The van der Waals surface area contributed by atoms with Gasteiger partial charge in [0.05, 0.1) is 14.4 Å². The number of nitro groups is 1. The Kier molecular flexibility index (Phi) is 6.31. The number of carbonyl (C=O) groups is 1. The van der Waals surface area contributed by atoms with Gasteiger partial charge >= 0.3 is 11.8 Å². The standard InChI is InChI=1S/C18H18BrCl2FN4O4/c1-18(2,3)30-17(27)25-5-4-8(7-25)23-14-9-6-10(20)11(19)12(22)13(9)24-16(21)15(14)26(28)29/h6,8H,4-5,7H2,1-3H3,(H,23,24). The quantitative estimate of drug-likeness (QED) is 0.237. The van der Waals surface area contributed by atoms with E-state index in [0.717, 1.165) is 0 Å². The smallest absolute Gasteiger partial charge is 0.410 e. The lowest BCUT2D eigenvalue weighted by Gasteiger charge is -2.24. The molecule has 0 bridgehead atoms. The molecule has 1 aliphatic rings. The van der Waals surface area contributed by atoms with Crippen LogP contribution in [0, 0.1) is 15.9 Å². The Labute approximate surface area is 189 Å². The highest BCUT2D eigenvalue weighted by atomic mass is 79.9. The molecular formula is C18H18BrCl2FN4O4. The Morgan fingerprint density at radius 2 is 2.13 bits per heavy atom. The second kappa shape index (κ2) is 8.32. The molecule has 0 aliphatic carbocycles.